The zero-order valence-corrected chi connectivity index (χ0v) is 7.88. The fourth-order valence-corrected chi connectivity index (χ4v) is 1.67. The molecule has 0 saturated carbocycles. The minimum atomic E-state index is -0.181. The molecule has 0 fully saturated rings. The summed E-state index contributed by atoms with van der Waals surface area (Å²) in [7, 11) is 0. The number of halogens is 1. The minimum absolute atomic E-state index is 0.0928. The van der Waals surface area contributed by atoms with Gasteiger partial charge in [-0.15, -0.1) is 0 Å². The Bertz CT molecular complexity index is 388. The third-order valence-electron chi connectivity index (χ3n) is 2.14. The summed E-state index contributed by atoms with van der Waals surface area (Å²) < 4.78 is 0. The van der Waals surface area contributed by atoms with Gasteiger partial charge in [0.15, 0.2) is 0 Å². The maximum Gasteiger partial charge on any atom is 0.269 e. The molecule has 13 heavy (non-hydrogen) atoms. The normalized spacial score (nSPS) is 26.2. The summed E-state index contributed by atoms with van der Waals surface area (Å²) in [6, 6.07) is 0. The first-order chi connectivity index (χ1) is 6.16. The minimum Gasteiger partial charge on any atom is -0.267 e. The van der Waals surface area contributed by atoms with E-state index >= 15 is 0 Å². The molecular weight excluding hydrogens is 186 g/mol. The maximum atomic E-state index is 11.1. The SMILES string of the molecule is CC1=CC(=O)N=C2C=CC(Cl)=CC12. The van der Waals surface area contributed by atoms with E-state index in [4.69, 9.17) is 11.6 Å². The van der Waals surface area contributed by atoms with Crippen molar-refractivity contribution < 1.29 is 4.79 Å². The highest BCUT2D eigenvalue weighted by Gasteiger charge is 2.22. The summed E-state index contributed by atoms with van der Waals surface area (Å²) in [6.45, 7) is 1.91. The van der Waals surface area contributed by atoms with Gasteiger partial charge in [0.1, 0.15) is 0 Å². The summed E-state index contributed by atoms with van der Waals surface area (Å²) >= 11 is 5.85. The number of nitrogens with zero attached hydrogens (tertiary/aromatic N) is 1. The highest BCUT2D eigenvalue weighted by atomic mass is 35.5. The molecule has 0 N–H and O–H groups in total. The van der Waals surface area contributed by atoms with E-state index in [1.54, 1.807) is 18.2 Å². The molecule has 0 aromatic carbocycles. The Hall–Kier alpha value is -1.15. The summed E-state index contributed by atoms with van der Waals surface area (Å²) in [5.41, 5.74) is 1.78. The molecule has 1 unspecified atom stereocenters. The Morgan fingerprint density at radius 1 is 1.46 bits per heavy atom. The van der Waals surface area contributed by atoms with Crippen LogP contribution in [0.15, 0.2) is 39.9 Å². The summed E-state index contributed by atoms with van der Waals surface area (Å²) in [4.78, 5) is 15.0. The lowest BCUT2D eigenvalue weighted by Crippen LogP contribution is -2.20. The second-order valence-electron chi connectivity index (χ2n) is 3.13. The molecule has 66 valence electrons. The van der Waals surface area contributed by atoms with Crippen LogP contribution in [0.4, 0.5) is 0 Å². The number of dihydropyridines is 1. The van der Waals surface area contributed by atoms with Crippen molar-refractivity contribution in [3.05, 3.63) is 34.9 Å². The number of allylic oxidation sites excluding steroid dienone is 5. The van der Waals surface area contributed by atoms with Gasteiger partial charge >= 0.3 is 0 Å². The van der Waals surface area contributed by atoms with Crippen LogP contribution in [0.1, 0.15) is 6.92 Å². The van der Waals surface area contributed by atoms with Gasteiger partial charge in [-0.25, -0.2) is 4.99 Å². The monoisotopic (exact) mass is 193 g/mol. The molecule has 0 saturated heterocycles. The molecule has 0 radical (unpaired) electrons. The molecule has 0 spiro atoms. The summed E-state index contributed by atoms with van der Waals surface area (Å²) in [5, 5.41) is 0.700. The number of aliphatic imine (C=N–C) groups is 1. The molecule has 2 nitrogen and oxygen atoms in total. The molecule has 2 rings (SSSR count). The number of hydrogen-bond donors (Lipinski definition) is 0. The smallest absolute Gasteiger partial charge is 0.267 e. The standard InChI is InChI=1S/C10H8ClNO/c1-6-4-10(13)12-9-3-2-7(11)5-8(6)9/h2-5,8H,1H3. The van der Waals surface area contributed by atoms with Crippen molar-refractivity contribution in [1.82, 2.24) is 0 Å². The first kappa shape index (κ1) is 8.45. The largest absolute Gasteiger partial charge is 0.269 e. The van der Waals surface area contributed by atoms with Gasteiger partial charge in [0.05, 0.1) is 5.71 Å². The van der Waals surface area contributed by atoms with Crippen molar-refractivity contribution in [3.8, 4) is 0 Å². The Kier molecular flexibility index (Phi) is 1.93. The number of hydrogen-bond acceptors (Lipinski definition) is 1. The van der Waals surface area contributed by atoms with E-state index in [-0.39, 0.29) is 11.8 Å². The Balaban J connectivity index is 2.44. The third kappa shape index (κ3) is 1.49. The lowest BCUT2D eigenvalue weighted by molar-refractivity contribution is -0.113. The summed E-state index contributed by atoms with van der Waals surface area (Å²) in [5.74, 6) is -0.0879. The van der Waals surface area contributed by atoms with Gasteiger partial charge in [-0.1, -0.05) is 23.3 Å². The molecular formula is C10H8ClNO. The average Bonchev–Trinajstić information content (AvgIpc) is 2.06. The number of carbonyl (C=O) groups excluding carboxylic acids is 1. The fraction of sp³-hybridized carbons (Fsp3) is 0.200. The third-order valence-corrected chi connectivity index (χ3v) is 2.39. The van der Waals surface area contributed by atoms with E-state index in [1.165, 1.54) is 0 Å². The van der Waals surface area contributed by atoms with Crippen LogP contribution >= 0.6 is 11.6 Å². The first-order valence-corrected chi connectivity index (χ1v) is 4.41. The lowest BCUT2D eigenvalue weighted by atomic mass is 9.89. The maximum absolute atomic E-state index is 11.1. The average molecular weight is 194 g/mol. The second kappa shape index (κ2) is 2.96. The quantitative estimate of drug-likeness (QED) is 0.580. The highest BCUT2D eigenvalue weighted by Crippen LogP contribution is 2.26. The van der Waals surface area contributed by atoms with Crippen LogP contribution in [-0.2, 0) is 4.79 Å². The van der Waals surface area contributed by atoms with Crippen molar-refractivity contribution >= 4 is 23.2 Å². The van der Waals surface area contributed by atoms with Crippen molar-refractivity contribution in [2.45, 2.75) is 6.92 Å². The lowest BCUT2D eigenvalue weighted by Gasteiger charge is -2.20. The van der Waals surface area contributed by atoms with E-state index in [9.17, 15) is 4.79 Å². The predicted octanol–water partition coefficient (Wildman–Crippen LogP) is 2.22. The summed E-state index contributed by atoms with van der Waals surface area (Å²) in [6.07, 6.45) is 7.00. The number of amides is 1. The van der Waals surface area contributed by atoms with Crippen LogP contribution in [0.2, 0.25) is 0 Å². The Labute approximate surface area is 81.3 Å². The van der Waals surface area contributed by atoms with E-state index in [1.807, 2.05) is 13.0 Å². The molecule has 0 aromatic heterocycles. The van der Waals surface area contributed by atoms with E-state index in [0.29, 0.717) is 5.03 Å². The number of carbonyl (C=O) groups is 1. The fourth-order valence-electron chi connectivity index (χ4n) is 1.48. The highest BCUT2D eigenvalue weighted by molar-refractivity contribution is 6.32. The van der Waals surface area contributed by atoms with Crippen LogP contribution in [0, 0.1) is 5.92 Å². The topological polar surface area (TPSA) is 29.4 Å². The zero-order chi connectivity index (χ0) is 9.42. The molecule has 3 heteroatoms. The van der Waals surface area contributed by atoms with Gasteiger partial charge in [0, 0.05) is 17.0 Å². The second-order valence-corrected chi connectivity index (χ2v) is 3.56. The molecule has 2 aliphatic rings. The molecule has 1 aliphatic carbocycles. The van der Waals surface area contributed by atoms with Crippen molar-refractivity contribution in [2.75, 3.05) is 0 Å². The van der Waals surface area contributed by atoms with Crippen LogP contribution in [0.5, 0.6) is 0 Å². The predicted molar refractivity (Wildman–Crippen MR) is 52.8 cm³/mol. The van der Waals surface area contributed by atoms with Gasteiger partial charge in [0.25, 0.3) is 5.91 Å². The van der Waals surface area contributed by atoms with Crippen LogP contribution in [-0.4, -0.2) is 11.6 Å². The van der Waals surface area contributed by atoms with Gasteiger partial charge in [-0.3, -0.25) is 4.79 Å². The van der Waals surface area contributed by atoms with E-state index < -0.39 is 0 Å². The molecule has 1 atom stereocenters. The number of fused-ring (bicyclic) bond motifs is 1. The molecule has 1 amide bonds. The molecule has 1 heterocycles. The van der Waals surface area contributed by atoms with Gasteiger partial charge in [0.2, 0.25) is 0 Å². The van der Waals surface area contributed by atoms with E-state index in [0.717, 1.165) is 11.3 Å². The van der Waals surface area contributed by atoms with Crippen LogP contribution < -0.4 is 0 Å². The Morgan fingerprint density at radius 2 is 2.23 bits per heavy atom. The van der Waals surface area contributed by atoms with Gasteiger partial charge in [-0.05, 0) is 19.1 Å². The molecule has 1 aliphatic heterocycles. The van der Waals surface area contributed by atoms with Crippen LogP contribution in [0.3, 0.4) is 0 Å². The first-order valence-electron chi connectivity index (χ1n) is 4.03. The number of rotatable bonds is 0. The van der Waals surface area contributed by atoms with Gasteiger partial charge in [-0.2, -0.15) is 0 Å². The van der Waals surface area contributed by atoms with Crippen molar-refractivity contribution in [1.29, 1.82) is 0 Å². The zero-order valence-electron chi connectivity index (χ0n) is 7.12. The molecule has 0 bridgehead atoms. The van der Waals surface area contributed by atoms with Crippen molar-refractivity contribution in [3.63, 3.8) is 0 Å². The van der Waals surface area contributed by atoms with Crippen LogP contribution in [0.25, 0.3) is 0 Å². The van der Waals surface area contributed by atoms with E-state index in [2.05, 4.69) is 4.99 Å². The Morgan fingerprint density at radius 3 is 3.00 bits per heavy atom. The van der Waals surface area contributed by atoms with Gasteiger partial charge < -0.3 is 0 Å². The molecule has 0 aromatic rings. The van der Waals surface area contributed by atoms with Crippen molar-refractivity contribution in [2.24, 2.45) is 10.9 Å².